The van der Waals surface area contributed by atoms with E-state index in [9.17, 15) is 5.11 Å². The predicted molar refractivity (Wildman–Crippen MR) is 45.5 cm³/mol. The van der Waals surface area contributed by atoms with Crippen LogP contribution in [-0.4, -0.2) is 10.7 Å². The van der Waals surface area contributed by atoms with Crippen molar-refractivity contribution in [2.24, 2.45) is 23.2 Å². The molecule has 1 spiro atoms. The minimum atomic E-state index is -0.230. The highest BCUT2D eigenvalue weighted by molar-refractivity contribution is 5.40. The molecule has 4 fully saturated rings. The van der Waals surface area contributed by atoms with Crippen LogP contribution in [0.25, 0.3) is 0 Å². The van der Waals surface area contributed by atoms with Crippen LogP contribution in [0, 0.1) is 23.2 Å². The van der Waals surface area contributed by atoms with Gasteiger partial charge in [-0.1, -0.05) is 12.2 Å². The zero-order valence-electron chi connectivity index (χ0n) is 7.21. The maximum atomic E-state index is 10.3. The Labute approximate surface area is 72.5 Å². The van der Waals surface area contributed by atoms with Gasteiger partial charge >= 0.3 is 0 Å². The van der Waals surface area contributed by atoms with Gasteiger partial charge in [-0.3, -0.25) is 0 Å². The number of fused-ring (bicyclic) bond motifs is 1. The monoisotopic (exact) mass is 162 g/mol. The molecule has 4 rings (SSSR count). The number of aliphatic hydroxyl groups is 1. The normalized spacial score (nSPS) is 70.4. The number of hydrogen-bond acceptors (Lipinski definition) is 1. The molecule has 2 bridgehead atoms. The molecule has 1 unspecified atom stereocenters. The van der Waals surface area contributed by atoms with E-state index in [1.54, 1.807) is 0 Å². The maximum absolute atomic E-state index is 10.3. The zero-order chi connectivity index (χ0) is 8.14. The van der Waals surface area contributed by atoms with Gasteiger partial charge in [0.15, 0.2) is 0 Å². The molecule has 1 N–H and O–H groups in total. The van der Waals surface area contributed by atoms with Gasteiger partial charge in [0.2, 0.25) is 0 Å². The van der Waals surface area contributed by atoms with Crippen LogP contribution in [0.5, 0.6) is 0 Å². The Kier molecular flexibility index (Phi) is 0.678. The topological polar surface area (TPSA) is 20.2 Å². The van der Waals surface area contributed by atoms with Crippen LogP contribution in [0.3, 0.4) is 0 Å². The standard InChI is InChI=1S/C11H14O/c1-6-7-3-10(12)5-8-2-9(6)11(8,10)4-7/h7-9,12H,1-5H2/t7-,8+,9+,10-,11?/m0/s1. The second-order valence-corrected chi connectivity index (χ2v) is 5.44. The van der Waals surface area contributed by atoms with Crippen LogP contribution < -0.4 is 0 Å². The van der Waals surface area contributed by atoms with Crippen molar-refractivity contribution >= 4 is 0 Å². The first-order valence-electron chi connectivity index (χ1n) is 5.08. The van der Waals surface area contributed by atoms with Crippen LogP contribution in [0.2, 0.25) is 0 Å². The van der Waals surface area contributed by atoms with Crippen LogP contribution in [0.15, 0.2) is 12.2 Å². The molecule has 1 heteroatoms. The minimum Gasteiger partial charge on any atom is -0.389 e. The Balaban J connectivity index is 1.94. The lowest BCUT2D eigenvalue weighted by Crippen LogP contribution is -2.71. The van der Waals surface area contributed by atoms with E-state index in [2.05, 4.69) is 6.58 Å². The van der Waals surface area contributed by atoms with E-state index in [1.165, 1.54) is 18.4 Å². The molecule has 0 heterocycles. The average Bonchev–Trinajstić information content (AvgIpc) is 2.41. The SMILES string of the molecule is C=C1[C@@H]2CC34[C@H](C[C@H]13)C[C@@]4(O)C2. The molecule has 0 aromatic rings. The molecule has 5 atom stereocenters. The Morgan fingerprint density at radius 3 is 2.75 bits per heavy atom. The summed E-state index contributed by atoms with van der Waals surface area (Å²) >= 11 is 0. The molecule has 0 amide bonds. The molecule has 0 aliphatic heterocycles. The van der Waals surface area contributed by atoms with Crippen molar-refractivity contribution in [3.63, 3.8) is 0 Å². The highest BCUT2D eigenvalue weighted by atomic mass is 16.3. The van der Waals surface area contributed by atoms with Gasteiger partial charge in [-0.2, -0.15) is 0 Å². The molecular weight excluding hydrogens is 148 g/mol. The summed E-state index contributed by atoms with van der Waals surface area (Å²) in [6.45, 7) is 4.19. The first kappa shape index (κ1) is 6.20. The lowest BCUT2D eigenvalue weighted by atomic mass is 9.36. The van der Waals surface area contributed by atoms with Crippen molar-refractivity contribution in [2.75, 3.05) is 0 Å². The number of allylic oxidation sites excluding steroid dienone is 1. The minimum absolute atomic E-state index is 0.230. The zero-order valence-corrected chi connectivity index (χ0v) is 7.21. The van der Waals surface area contributed by atoms with Gasteiger partial charge in [0.1, 0.15) is 0 Å². The van der Waals surface area contributed by atoms with Crippen LogP contribution in [-0.2, 0) is 0 Å². The first-order chi connectivity index (χ1) is 5.67. The van der Waals surface area contributed by atoms with Crippen molar-refractivity contribution in [3.05, 3.63) is 12.2 Å². The molecule has 64 valence electrons. The molecule has 0 aromatic heterocycles. The Morgan fingerprint density at radius 2 is 2.17 bits per heavy atom. The third kappa shape index (κ3) is 0.323. The van der Waals surface area contributed by atoms with E-state index in [4.69, 9.17) is 0 Å². The fourth-order valence-corrected chi connectivity index (χ4v) is 4.95. The van der Waals surface area contributed by atoms with E-state index >= 15 is 0 Å². The van der Waals surface area contributed by atoms with Crippen molar-refractivity contribution in [2.45, 2.75) is 31.3 Å². The summed E-state index contributed by atoms with van der Waals surface area (Å²) in [6.07, 6.45) is 4.77. The largest absolute Gasteiger partial charge is 0.389 e. The molecule has 12 heavy (non-hydrogen) atoms. The highest BCUT2D eigenvalue weighted by Gasteiger charge is 2.81. The molecule has 4 saturated carbocycles. The maximum Gasteiger partial charge on any atom is 0.0720 e. The van der Waals surface area contributed by atoms with Gasteiger partial charge in [-0.25, -0.2) is 0 Å². The molecule has 4 aliphatic rings. The van der Waals surface area contributed by atoms with Crippen molar-refractivity contribution < 1.29 is 5.11 Å². The Hall–Kier alpha value is -0.300. The van der Waals surface area contributed by atoms with E-state index < -0.39 is 0 Å². The highest BCUT2D eigenvalue weighted by Crippen LogP contribution is 2.83. The van der Waals surface area contributed by atoms with E-state index in [0.29, 0.717) is 11.3 Å². The van der Waals surface area contributed by atoms with Crippen molar-refractivity contribution in [1.29, 1.82) is 0 Å². The van der Waals surface area contributed by atoms with Gasteiger partial charge < -0.3 is 5.11 Å². The summed E-state index contributed by atoms with van der Waals surface area (Å²) in [7, 11) is 0. The van der Waals surface area contributed by atoms with E-state index in [-0.39, 0.29) is 5.60 Å². The third-order valence-corrected chi connectivity index (χ3v) is 5.46. The van der Waals surface area contributed by atoms with Gasteiger partial charge in [-0.15, -0.1) is 0 Å². The summed E-state index contributed by atoms with van der Waals surface area (Å²) < 4.78 is 0. The fourth-order valence-electron chi connectivity index (χ4n) is 4.95. The lowest BCUT2D eigenvalue weighted by Gasteiger charge is -2.70. The molecule has 4 aliphatic carbocycles. The second kappa shape index (κ2) is 1.31. The molecular formula is C11H14O. The van der Waals surface area contributed by atoms with Crippen molar-refractivity contribution in [3.8, 4) is 0 Å². The molecule has 0 saturated heterocycles. The van der Waals surface area contributed by atoms with Gasteiger partial charge in [0, 0.05) is 5.41 Å². The van der Waals surface area contributed by atoms with Crippen molar-refractivity contribution in [1.82, 2.24) is 0 Å². The summed E-state index contributed by atoms with van der Waals surface area (Å²) in [6, 6.07) is 0. The third-order valence-electron chi connectivity index (χ3n) is 5.46. The number of rotatable bonds is 0. The fraction of sp³-hybridized carbons (Fsp3) is 0.818. The summed E-state index contributed by atoms with van der Waals surface area (Å²) in [4.78, 5) is 0. The van der Waals surface area contributed by atoms with Crippen LogP contribution in [0.1, 0.15) is 25.7 Å². The Bertz CT molecular complexity index is 308. The van der Waals surface area contributed by atoms with Gasteiger partial charge in [-0.05, 0) is 43.4 Å². The average molecular weight is 162 g/mol. The molecule has 0 aromatic carbocycles. The van der Waals surface area contributed by atoms with E-state index in [0.717, 1.165) is 24.7 Å². The summed E-state index contributed by atoms with van der Waals surface area (Å²) in [5, 5.41) is 10.3. The Morgan fingerprint density at radius 1 is 1.33 bits per heavy atom. The second-order valence-electron chi connectivity index (χ2n) is 5.44. The number of hydrogen-bond donors (Lipinski definition) is 1. The van der Waals surface area contributed by atoms with Gasteiger partial charge in [0.25, 0.3) is 0 Å². The van der Waals surface area contributed by atoms with Gasteiger partial charge in [0.05, 0.1) is 5.60 Å². The summed E-state index contributed by atoms with van der Waals surface area (Å²) in [5.41, 5.74) is 1.62. The van der Waals surface area contributed by atoms with E-state index in [1.807, 2.05) is 0 Å². The van der Waals surface area contributed by atoms with Crippen LogP contribution >= 0.6 is 0 Å². The quantitative estimate of drug-likeness (QED) is 0.538. The van der Waals surface area contributed by atoms with Crippen LogP contribution in [0.4, 0.5) is 0 Å². The molecule has 0 radical (unpaired) electrons. The first-order valence-corrected chi connectivity index (χ1v) is 5.08. The lowest BCUT2D eigenvalue weighted by molar-refractivity contribution is -0.273. The molecule has 1 nitrogen and oxygen atoms in total. The smallest absolute Gasteiger partial charge is 0.0720 e. The summed E-state index contributed by atoms with van der Waals surface area (Å²) in [5.74, 6) is 2.28. The predicted octanol–water partition coefficient (Wildman–Crippen LogP) is 1.72.